The van der Waals surface area contributed by atoms with Crippen molar-refractivity contribution in [2.75, 3.05) is 19.0 Å². The Balaban J connectivity index is 2.15. The first-order chi connectivity index (χ1) is 13.7. The van der Waals surface area contributed by atoms with Gasteiger partial charge in [-0.3, -0.25) is 19.7 Å². The molecular formula is C21H26N4O4. The summed E-state index contributed by atoms with van der Waals surface area (Å²) in [7, 11) is 3.52. The van der Waals surface area contributed by atoms with Gasteiger partial charge in [0.1, 0.15) is 0 Å². The van der Waals surface area contributed by atoms with Crippen LogP contribution in [0.1, 0.15) is 46.5 Å². The van der Waals surface area contributed by atoms with Crippen molar-refractivity contribution in [3.05, 3.63) is 69.3 Å². The minimum Gasteiger partial charge on any atom is -0.377 e. The number of nitro benzene ring substituents is 1. The van der Waals surface area contributed by atoms with Gasteiger partial charge >= 0.3 is 0 Å². The number of carbonyl (C=O) groups is 2. The molecule has 0 radical (unpaired) electrons. The summed E-state index contributed by atoms with van der Waals surface area (Å²) < 4.78 is 0. The van der Waals surface area contributed by atoms with Gasteiger partial charge in [-0.2, -0.15) is 0 Å². The lowest BCUT2D eigenvalue weighted by molar-refractivity contribution is -0.384. The van der Waals surface area contributed by atoms with E-state index in [1.54, 1.807) is 49.3 Å². The van der Waals surface area contributed by atoms with E-state index >= 15 is 0 Å². The molecule has 0 saturated heterocycles. The van der Waals surface area contributed by atoms with Crippen LogP contribution in [0.15, 0.2) is 42.5 Å². The Bertz CT molecular complexity index is 911. The summed E-state index contributed by atoms with van der Waals surface area (Å²) >= 11 is 0. The average molecular weight is 398 g/mol. The van der Waals surface area contributed by atoms with Crippen LogP contribution in [-0.2, 0) is 6.54 Å². The number of non-ortho nitro benzene ring substituents is 1. The minimum absolute atomic E-state index is 0.0733. The molecular weight excluding hydrogens is 372 g/mol. The molecule has 8 heteroatoms. The predicted molar refractivity (Wildman–Crippen MR) is 112 cm³/mol. The summed E-state index contributed by atoms with van der Waals surface area (Å²) in [6, 6.07) is 11.3. The lowest BCUT2D eigenvalue weighted by atomic mass is 10.1. The number of benzene rings is 2. The molecule has 2 aromatic rings. The Labute approximate surface area is 170 Å². The summed E-state index contributed by atoms with van der Waals surface area (Å²) in [6.07, 6.45) is 0.832. The van der Waals surface area contributed by atoms with Crippen molar-refractivity contribution in [2.45, 2.75) is 32.9 Å². The third kappa shape index (κ3) is 5.78. The monoisotopic (exact) mass is 398 g/mol. The number of nitro groups is 1. The molecule has 2 amide bonds. The number of hydrogen-bond donors (Lipinski definition) is 2. The molecule has 1 unspecified atom stereocenters. The Morgan fingerprint density at radius 1 is 1.14 bits per heavy atom. The number of hydrogen-bond acceptors (Lipinski definition) is 5. The maximum absolute atomic E-state index is 12.7. The maximum Gasteiger partial charge on any atom is 0.270 e. The van der Waals surface area contributed by atoms with Gasteiger partial charge in [-0.05, 0) is 37.1 Å². The van der Waals surface area contributed by atoms with E-state index in [4.69, 9.17) is 0 Å². The molecule has 2 rings (SSSR count). The Hall–Kier alpha value is -3.42. The molecule has 0 saturated carbocycles. The van der Waals surface area contributed by atoms with Gasteiger partial charge in [0.15, 0.2) is 0 Å². The molecule has 0 aliphatic rings. The first-order valence-electron chi connectivity index (χ1n) is 9.36. The van der Waals surface area contributed by atoms with E-state index in [1.807, 2.05) is 13.8 Å². The Morgan fingerprint density at radius 2 is 1.86 bits per heavy atom. The van der Waals surface area contributed by atoms with E-state index in [0.717, 1.165) is 12.0 Å². The lowest BCUT2D eigenvalue weighted by Crippen LogP contribution is -2.32. The fourth-order valence-corrected chi connectivity index (χ4v) is 2.72. The van der Waals surface area contributed by atoms with E-state index in [1.165, 1.54) is 12.1 Å². The van der Waals surface area contributed by atoms with E-state index in [-0.39, 0.29) is 29.7 Å². The Kier molecular flexibility index (Phi) is 7.30. The predicted octanol–water partition coefficient (Wildman–Crippen LogP) is 3.12. The average Bonchev–Trinajstić information content (AvgIpc) is 2.71. The van der Waals surface area contributed by atoms with Crippen molar-refractivity contribution in [3.63, 3.8) is 0 Å². The van der Waals surface area contributed by atoms with Crippen LogP contribution in [-0.4, -0.2) is 36.9 Å². The smallest absolute Gasteiger partial charge is 0.270 e. The second-order valence-corrected chi connectivity index (χ2v) is 7.02. The molecule has 0 aliphatic heterocycles. The minimum atomic E-state index is -0.532. The zero-order valence-electron chi connectivity index (χ0n) is 17.1. The van der Waals surface area contributed by atoms with Crippen LogP contribution in [0, 0.1) is 10.1 Å². The number of rotatable bonds is 8. The third-order valence-electron chi connectivity index (χ3n) is 4.55. The van der Waals surface area contributed by atoms with Crippen LogP contribution in [0.25, 0.3) is 0 Å². The molecule has 0 aromatic heterocycles. The van der Waals surface area contributed by atoms with E-state index < -0.39 is 10.8 Å². The highest BCUT2D eigenvalue weighted by Crippen LogP contribution is 2.24. The summed E-state index contributed by atoms with van der Waals surface area (Å²) in [5.74, 6) is -0.590. The van der Waals surface area contributed by atoms with E-state index in [9.17, 15) is 19.7 Å². The third-order valence-corrected chi connectivity index (χ3v) is 4.55. The number of nitrogens with zero attached hydrogens (tertiary/aromatic N) is 2. The molecule has 1 atom stereocenters. The molecule has 29 heavy (non-hydrogen) atoms. The number of nitrogens with one attached hydrogen (secondary N) is 2. The summed E-state index contributed by atoms with van der Waals surface area (Å²) in [5.41, 5.74) is 1.92. The summed E-state index contributed by atoms with van der Waals surface area (Å²) in [5, 5.41) is 16.7. The van der Waals surface area contributed by atoms with Gasteiger partial charge in [-0.15, -0.1) is 0 Å². The highest BCUT2D eigenvalue weighted by atomic mass is 16.6. The zero-order chi connectivity index (χ0) is 21.6. The van der Waals surface area contributed by atoms with Crippen molar-refractivity contribution in [3.8, 4) is 0 Å². The quantitative estimate of drug-likeness (QED) is 0.525. The van der Waals surface area contributed by atoms with Gasteiger partial charge in [-0.25, -0.2) is 0 Å². The zero-order valence-corrected chi connectivity index (χ0v) is 17.1. The Morgan fingerprint density at radius 3 is 2.48 bits per heavy atom. The van der Waals surface area contributed by atoms with Crippen LogP contribution < -0.4 is 15.5 Å². The van der Waals surface area contributed by atoms with Crippen molar-refractivity contribution >= 4 is 23.2 Å². The molecule has 0 fully saturated rings. The van der Waals surface area contributed by atoms with Gasteiger partial charge in [0, 0.05) is 50.1 Å². The van der Waals surface area contributed by atoms with Gasteiger partial charge in [0.2, 0.25) is 0 Å². The maximum atomic E-state index is 12.7. The standard InChI is InChI=1S/C21H26N4O4/c1-5-14(2)23-20(26)16-8-6-7-15(11-16)13-22-21(27)18-12-17(25(28)29)9-10-19(18)24(3)4/h6-12,14H,5,13H2,1-4H3,(H,22,27)(H,23,26). The van der Waals surface area contributed by atoms with E-state index in [0.29, 0.717) is 11.3 Å². The highest BCUT2D eigenvalue weighted by Gasteiger charge is 2.18. The van der Waals surface area contributed by atoms with Crippen molar-refractivity contribution in [1.29, 1.82) is 0 Å². The van der Waals surface area contributed by atoms with Crippen molar-refractivity contribution in [2.24, 2.45) is 0 Å². The number of carbonyl (C=O) groups excluding carboxylic acids is 2. The van der Waals surface area contributed by atoms with Gasteiger partial charge < -0.3 is 15.5 Å². The number of amides is 2. The van der Waals surface area contributed by atoms with Gasteiger partial charge in [0.05, 0.1) is 10.5 Å². The second kappa shape index (κ2) is 9.68. The first kappa shape index (κ1) is 21.9. The molecule has 0 bridgehead atoms. The van der Waals surface area contributed by atoms with Crippen molar-refractivity contribution < 1.29 is 14.5 Å². The second-order valence-electron chi connectivity index (χ2n) is 7.02. The highest BCUT2D eigenvalue weighted by molar-refractivity contribution is 6.00. The van der Waals surface area contributed by atoms with Crippen LogP contribution in [0.3, 0.4) is 0 Å². The van der Waals surface area contributed by atoms with Gasteiger partial charge in [-0.1, -0.05) is 19.1 Å². The SMILES string of the molecule is CCC(C)NC(=O)c1cccc(CNC(=O)c2cc([N+](=O)[O-])ccc2N(C)C)c1. The fourth-order valence-electron chi connectivity index (χ4n) is 2.72. The van der Waals surface area contributed by atoms with Crippen LogP contribution in [0.5, 0.6) is 0 Å². The molecule has 0 aliphatic carbocycles. The summed E-state index contributed by atoms with van der Waals surface area (Å²) in [4.78, 5) is 37.2. The first-order valence-corrected chi connectivity index (χ1v) is 9.36. The molecule has 8 nitrogen and oxygen atoms in total. The van der Waals surface area contributed by atoms with E-state index in [2.05, 4.69) is 10.6 Å². The summed E-state index contributed by atoms with van der Waals surface area (Å²) in [6.45, 7) is 4.12. The molecule has 2 aromatic carbocycles. The van der Waals surface area contributed by atoms with Crippen molar-refractivity contribution in [1.82, 2.24) is 10.6 Å². The lowest BCUT2D eigenvalue weighted by Gasteiger charge is -2.17. The van der Waals surface area contributed by atoms with Crippen LogP contribution in [0.2, 0.25) is 0 Å². The van der Waals surface area contributed by atoms with Crippen LogP contribution in [0.4, 0.5) is 11.4 Å². The largest absolute Gasteiger partial charge is 0.377 e. The molecule has 154 valence electrons. The number of anilines is 1. The van der Waals surface area contributed by atoms with Crippen LogP contribution >= 0.6 is 0 Å². The fraction of sp³-hybridized carbons (Fsp3) is 0.333. The molecule has 0 spiro atoms. The normalized spacial score (nSPS) is 11.4. The topological polar surface area (TPSA) is 105 Å². The van der Waals surface area contributed by atoms with Gasteiger partial charge in [0.25, 0.3) is 17.5 Å². The molecule has 2 N–H and O–H groups in total. The molecule has 0 heterocycles.